The summed E-state index contributed by atoms with van der Waals surface area (Å²) in [5, 5.41) is 8.46. The van der Waals surface area contributed by atoms with E-state index >= 15 is 0 Å². The number of hydrogen-bond acceptors (Lipinski definition) is 3. The molecule has 0 radical (unpaired) electrons. The third-order valence-corrected chi connectivity index (χ3v) is 5.09. The first-order valence-corrected chi connectivity index (χ1v) is 9.59. The summed E-state index contributed by atoms with van der Waals surface area (Å²) in [7, 11) is 0. The summed E-state index contributed by atoms with van der Waals surface area (Å²) in [6.07, 6.45) is 0. The molecule has 1 aliphatic rings. The zero-order chi connectivity index (χ0) is 21.7. The van der Waals surface area contributed by atoms with Gasteiger partial charge in [0, 0.05) is 22.0 Å². The van der Waals surface area contributed by atoms with E-state index in [9.17, 15) is 27.2 Å². The van der Waals surface area contributed by atoms with E-state index in [1.54, 1.807) is 4.90 Å². The van der Waals surface area contributed by atoms with E-state index in [-0.39, 0.29) is 26.0 Å². The fraction of sp³-hybridized carbons (Fsp3) is 0.222. The summed E-state index contributed by atoms with van der Waals surface area (Å²) in [5.41, 5.74) is -0.167. The molecule has 2 aromatic carbocycles. The fourth-order valence-electron chi connectivity index (χ4n) is 2.31. The number of morpholine rings is 1. The lowest BCUT2D eigenvalue weighted by molar-refractivity contribution is 0.0302. The number of amides is 1. The largest absolute Gasteiger partial charge is 0.478 e. The first-order chi connectivity index (χ1) is 13.6. The number of nitrogens with zero attached hydrogens (tertiary/aromatic N) is 1. The second kappa shape index (κ2) is 10.2. The number of aromatic carboxylic acids is 1. The predicted molar refractivity (Wildman–Crippen MR) is 102 cm³/mol. The van der Waals surface area contributed by atoms with Crippen LogP contribution in [-0.2, 0) is 4.74 Å². The predicted octanol–water partition coefficient (Wildman–Crippen LogP) is 4.63. The highest BCUT2D eigenvalue weighted by Crippen LogP contribution is 2.22. The number of carboxylic acids is 1. The maximum Gasteiger partial charge on any atom is 0.336 e. The molecular weight excluding hydrogens is 530 g/mol. The van der Waals surface area contributed by atoms with Crippen LogP contribution in [0.3, 0.4) is 0 Å². The normalized spacial score (nSPS) is 13.5. The Kier molecular flexibility index (Phi) is 8.17. The average Bonchev–Trinajstić information content (AvgIpc) is 2.68. The van der Waals surface area contributed by atoms with Gasteiger partial charge in [-0.25, -0.2) is 22.4 Å². The highest BCUT2D eigenvalue weighted by atomic mass is 79.9. The molecule has 1 saturated heterocycles. The quantitative estimate of drug-likeness (QED) is 0.444. The number of rotatable bonds is 2. The minimum absolute atomic E-state index is 0.0221. The molecule has 1 heterocycles. The lowest BCUT2D eigenvalue weighted by Crippen LogP contribution is -2.40. The first kappa shape index (κ1) is 23.3. The van der Waals surface area contributed by atoms with Gasteiger partial charge in [0.05, 0.1) is 24.3 Å². The monoisotopic (exact) mass is 541 g/mol. The van der Waals surface area contributed by atoms with Crippen molar-refractivity contribution in [2.75, 3.05) is 26.3 Å². The summed E-state index contributed by atoms with van der Waals surface area (Å²) in [5.74, 6) is -5.87. The molecule has 1 amide bonds. The lowest BCUT2D eigenvalue weighted by Gasteiger charge is -2.27. The Hall–Kier alpha value is -1.98. The van der Waals surface area contributed by atoms with E-state index in [1.165, 1.54) is 0 Å². The van der Waals surface area contributed by atoms with Crippen molar-refractivity contribution in [1.82, 2.24) is 4.90 Å². The van der Waals surface area contributed by atoms with Gasteiger partial charge < -0.3 is 14.7 Å². The van der Waals surface area contributed by atoms with Crippen molar-refractivity contribution in [1.29, 1.82) is 0 Å². The van der Waals surface area contributed by atoms with Gasteiger partial charge >= 0.3 is 5.97 Å². The van der Waals surface area contributed by atoms with Crippen LogP contribution in [0.5, 0.6) is 0 Å². The Balaban J connectivity index is 0.000000221. The molecule has 0 atom stereocenters. The van der Waals surface area contributed by atoms with Gasteiger partial charge in [0.25, 0.3) is 5.91 Å². The van der Waals surface area contributed by atoms with E-state index in [0.717, 1.165) is 18.2 Å². The zero-order valence-electron chi connectivity index (χ0n) is 14.5. The summed E-state index contributed by atoms with van der Waals surface area (Å²) >= 11 is 5.86. The molecule has 1 fully saturated rings. The molecule has 11 heteroatoms. The number of ether oxygens (including phenoxy) is 1. The van der Waals surface area contributed by atoms with E-state index in [2.05, 4.69) is 31.9 Å². The van der Waals surface area contributed by atoms with Crippen LogP contribution in [0.15, 0.2) is 33.2 Å². The van der Waals surface area contributed by atoms with Crippen molar-refractivity contribution < 1.29 is 37.0 Å². The molecule has 0 unspecified atom stereocenters. The summed E-state index contributed by atoms with van der Waals surface area (Å²) in [6.45, 7) is 1.86. The fourth-order valence-corrected chi connectivity index (χ4v) is 3.28. The third-order valence-electron chi connectivity index (χ3n) is 3.78. The molecule has 0 spiro atoms. The molecule has 3 rings (SSSR count). The molecule has 2 aromatic rings. The van der Waals surface area contributed by atoms with Crippen molar-refractivity contribution >= 4 is 43.7 Å². The first-order valence-electron chi connectivity index (χ1n) is 8.01. The van der Waals surface area contributed by atoms with Gasteiger partial charge in [0.2, 0.25) is 0 Å². The van der Waals surface area contributed by atoms with Crippen LogP contribution in [-0.4, -0.2) is 48.2 Å². The van der Waals surface area contributed by atoms with Crippen LogP contribution in [0.25, 0.3) is 0 Å². The van der Waals surface area contributed by atoms with Crippen LogP contribution in [0.4, 0.5) is 17.6 Å². The van der Waals surface area contributed by atoms with Gasteiger partial charge in [-0.1, -0.05) is 0 Å². The Bertz CT molecular complexity index is 937. The molecule has 0 aromatic heterocycles. The van der Waals surface area contributed by atoms with Gasteiger partial charge in [-0.05, 0) is 56.1 Å². The number of benzene rings is 2. The third kappa shape index (κ3) is 6.00. The van der Waals surface area contributed by atoms with Gasteiger partial charge in [0.1, 0.15) is 0 Å². The van der Waals surface area contributed by atoms with E-state index in [0.29, 0.717) is 32.4 Å². The molecule has 1 N–H and O–H groups in total. The van der Waals surface area contributed by atoms with Crippen LogP contribution >= 0.6 is 31.9 Å². The topological polar surface area (TPSA) is 66.8 Å². The van der Waals surface area contributed by atoms with Crippen molar-refractivity contribution in [2.45, 2.75) is 0 Å². The number of carboxylic acid groups (broad SMARTS) is 1. The molecule has 1 aliphatic heterocycles. The maximum atomic E-state index is 13.1. The van der Waals surface area contributed by atoms with Gasteiger partial charge in [-0.3, -0.25) is 4.79 Å². The summed E-state index contributed by atoms with van der Waals surface area (Å²) in [6, 6.07) is 3.28. The van der Waals surface area contributed by atoms with Crippen molar-refractivity contribution in [3.8, 4) is 0 Å². The molecule has 0 bridgehead atoms. The molecular formula is C18H13Br2F4NO4. The van der Waals surface area contributed by atoms with Crippen LogP contribution < -0.4 is 0 Å². The minimum atomic E-state index is -1.30. The number of carbonyl (C=O) groups is 2. The molecule has 156 valence electrons. The van der Waals surface area contributed by atoms with Gasteiger partial charge in [0.15, 0.2) is 23.3 Å². The molecule has 29 heavy (non-hydrogen) atoms. The van der Waals surface area contributed by atoms with Gasteiger partial charge in [-0.2, -0.15) is 0 Å². The Morgan fingerprint density at radius 1 is 0.828 bits per heavy atom. The molecule has 5 nitrogen and oxygen atoms in total. The van der Waals surface area contributed by atoms with Crippen LogP contribution in [0, 0.1) is 23.3 Å². The molecule has 0 aliphatic carbocycles. The zero-order valence-corrected chi connectivity index (χ0v) is 17.7. The van der Waals surface area contributed by atoms with Crippen molar-refractivity contribution in [2.24, 2.45) is 0 Å². The lowest BCUT2D eigenvalue weighted by atomic mass is 10.2. The highest BCUT2D eigenvalue weighted by Gasteiger charge is 2.22. The Morgan fingerprint density at radius 3 is 1.72 bits per heavy atom. The van der Waals surface area contributed by atoms with Crippen LogP contribution in [0.1, 0.15) is 20.7 Å². The highest BCUT2D eigenvalue weighted by molar-refractivity contribution is 9.10. The summed E-state index contributed by atoms with van der Waals surface area (Å²) in [4.78, 5) is 24.0. The second-order valence-electron chi connectivity index (χ2n) is 5.70. The van der Waals surface area contributed by atoms with E-state index in [1.807, 2.05) is 0 Å². The van der Waals surface area contributed by atoms with Crippen molar-refractivity contribution in [3.05, 3.63) is 67.6 Å². The van der Waals surface area contributed by atoms with Crippen molar-refractivity contribution in [3.63, 3.8) is 0 Å². The second-order valence-corrected chi connectivity index (χ2v) is 7.41. The number of halogens is 6. The van der Waals surface area contributed by atoms with Crippen LogP contribution in [0.2, 0.25) is 0 Å². The minimum Gasteiger partial charge on any atom is -0.478 e. The van der Waals surface area contributed by atoms with Gasteiger partial charge in [-0.15, -0.1) is 0 Å². The smallest absolute Gasteiger partial charge is 0.336 e. The SMILES string of the molecule is O=C(O)c1cc(F)c(F)cc1Br.O=C(c1cc(F)c(F)cc1Br)N1CCOCC1. The number of hydrogen-bond donors (Lipinski definition) is 1. The molecule has 0 saturated carbocycles. The summed E-state index contributed by atoms with van der Waals surface area (Å²) < 4.78 is 56.3. The standard InChI is InChI=1S/C11H10BrF2NO2.C7H3BrF2O2/c12-8-6-10(14)9(13)5-7(8)11(16)15-1-3-17-4-2-15;8-4-2-6(10)5(9)1-3(4)7(11)12/h5-6H,1-4H2;1-2H,(H,11,12). The maximum absolute atomic E-state index is 13.1. The van der Waals surface area contributed by atoms with E-state index < -0.39 is 29.2 Å². The Labute approximate surface area is 179 Å². The number of carbonyl (C=O) groups excluding carboxylic acids is 1. The Morgan fingerprint density at radius 2 is 1.24 bits per heavy atom. The van der Waals surface area contributed by atoms with E-state index in [4.69, 9.17) is 9.84 Å². The average molecular weight is 543 g/mol.